The molecule has 2 aliphatic rings. The number of nitrogens with one attached hydrogen (secondary N) is 1. The summed E-state index contributed by atoms with van der Waals surface area (Å²) in [6.45, 7) is 9.01. The van der Waals surface area contributed by atoms with E-state index in [1.807, 2.05) is 6.08 Å². The van der Waals surface area contributed by atoms with E-state index in [4.69, 9.17) is 0 Å². The third-order valence-corrected chi connectivity index (χ3v) is 6.31. The summed E-state index contributed by atoms with van der Waals surface area (Å²) in [7, 11) is -3.22. The monoisotopic (exact) mass is 257 g/mol. The molecule has 2 saturated carbocycles. The van der Waals surface area contributed by atoms with Crippen LogP contribution >= 0.6 is 0 Å². The molecular weight excluding hydrogens is 234 g/mol. The topological polar surface area (TPSA) is 46.2 Å². The Morgan fingerprint density at radius 3 is 2.53 bits per heavy atom. The maximum atomic E-state index is 12.2. The van der Waals surface area contributed by atoms with Crippen molar-refractivity contribution < 1.29 is 8.42 Å². The van der Waals surface area contributed by atoms with Crippen LogP contribution in [0, 0.1) is 17.8 Å². The first-order valence-corrected chi connectivity index (χ1v) is 7.87. The molecule has 2 aliphatic carbocycles. The van der Waals surface area contributed by atoms with Crippen LogP contribution in [-0.4, -0.2) is 19.2 Å². The highest BCUT2D eigenvalue weighted by Gasteiger charge is 2.54. The van der Waals surface area contributed by atoms with Gasteiger partial charge < -0.3 is 0 Å². The second kappa shape index (κ2) is 4.09. The maximum absolute atomic E-state index is 12.2. The molecule has 98 valence electrons. The second-order valence-electron chi connectivity index (χ2n) is 6.44. The molecule has 0 heterocycles. The molecule has 2 fully saturated rings. The first kappa shape index (κ1) is 13.1. The summed E-state index contributed by atoms with van der Waals surface area (Å²) in [6, 6.07) is 0.141. The van der Waals surface area contributed by atoms with Crippen LogP contribution in [0.4, 0.5) is 0 Å². The Balaban J connectivity index is 2.10. The minimum atomic E-state index is -3.22. The molecule has 17 heavy (non-hydrogen) atoms. The smallest absolute Gasteiger partial charge is 0.212 e. The summed E-state index contributed by atoms with van der Waals surface area (Å²) >= 11 is 0. The quantitative estimate of drug-likeness (QED) is 0.786. The van der Waals surface area contributed by atoms with Crippen molar-refractivity contribution >= 4 is 10.0 Å². The van der Waals surface area contributed by atoms with Gasteiger partial charge in [0.15, 0.2) is 0 Å². The molecule has 0 aliphatic heterocycles. The van der Waals surface area contributed by atoms with Gasteiger partial charge in [0.05, 0.1) is 4.75 Å². The number of fused-ring (bicyclic) bond motifs is 1. The van der Waals surface area contributed by atoms with Gasteiger partial charge in [-0.1, -0.05) is 6.08 Å². The van der Waals surface area contributed by atoms with Gasteiger partial charge in [0.25, 0.3) is 0 Å². The lowest BCUT2D eigenvalue weighted by atomic mass is 9.96. The van der Waals surface area contributed by atoms with Gasteiger partial charge in [0.2, 0.25) is 10.0 Å². The SMILES string of the molecule is C=CC[C@H]1C[C@@H]2C[C@H]2[C@@H]1NS(=O)(=O)C(C)(C)C. The highest BCUT2D eigenvalue weighted by atomic mass is 32.2. The molecule has 1 N–H and O–H groups in total. The Hall–Kier alpha value is -0.350. The Bertz CT molecular complexity index is 408. The molecule has 0 saturated heterocycles. The van der Waals surface area contributed by atoms with Gasteiger partial charge in [-0.05, 0) is 57.8 Å². The van der Waals surface area contributed by atoms with Crippen LogP contribution < -0.4 is 4.72 Å². The summed E-state index contributed by atoms with van der Waals surface area (Å²) in [4.78, 5) is 0. The summed E-state index contributed by atoms with van der Waals surface area (Å²) in [5, 5.41) is 0. The fraction of sp³-hybridized carbons (Fsp3) is 0.846. The van der Waals surface area contributed by atoms with Crippen LogP contribution in [0.2, 0.25) is 0 Å². The molecule has 0 bridgehead atoms. The van der Waals surface area contributed by atoms with E-state index in [0.717, 1.165) is 18.8 Å². The van der Waals surface area contributed by atoms with Crippen LogP contribution in [0.1, 0.15) is 40.0 Å². The van der Waals surface area contributed by atoms with Crippen LogP contribution in [0.5, 0.6) is 0 Å². The molecule has 0 amide bonds. The van der Waals surface area contributed by atoms with Gasteiger partial charge in [-0.3, -0.25) is 0 Å². The number of allylic oxidation sites excluding steroid dienone is 1. The molecule has 0 spiro atoms. The van der Waals surface area contributed by atoms with Gasteiger partial charge in [0, 0.05) is 6.04 Å². The van der Waals surface area contributed by atoms with Crippen molar-refractivity contribution in [3.05, 3.63) is 12.7 Å². The Morgan fingerprint density at radius 1 is 1.35 bits per heavy atom. The maximum Gasteiger partial charge on any atom is 0.216 e. The molecule has 3 nitrogen and oxygen atoms in total. The van der Waals surface area contributed by atoms with Crippen molar-refractivity contribution in [2.75, 3.05) is 0 Å². The standard InChI is InChI=1S/C13H23NO2S/c1-5-6-9-7-10-8-11(10)12(9)14-17(15,16)13(2,3)4/h5,9-12,14H,1,6-8H2,2-4H3/t9-,10+,11+,12+/m0/s1. The normalized spacial score (nSPS) is 36.6. The van der Waals surface area contributed by atoms with E-state index in [1.165, 1.54) is 6.42 Å². The lowest BCUT2D eigenvalue weighted by molar-refractivity contribution is 0.393. The molecule has 0 aromatic rings. The van der Waals surface area contributed by atoms with E-state index in [9.17, 15) is 8.42 Å². The van der Waals surface area contributed by atoms with Crippen molar-refractivity contribution in [1.82, 2.24) is 4.72 Å². The van der Waals surface area contributed by atoms with E-state index in [-0.39, 0.29) is 6.04 Å². The fourth-order valence-electron chi connectivity index (χ4n) is 2.86. The summed E-state index contributed by atoms with van der Waals surface area (Å²) in [5.74, 6) is 1.79. The molecule has 4 atom stereocenters. The van der Waals surface area contributed by atoms with Crippen molar-refractivity contribution in [3.8, 4) is 0 Å². The highest BCUT2D eigenvalue weighted by molar-refractivity contribution is 7.90. The van der Waals surface area contributed by atoms with Gasteiger partial charge in [-0.25, -0.2) is 13.1 Å². The van der Waals surface area contributed by atoms with E-state index in [1.54, 1.807) is 20.8 Å². The van der Waals surface area contributed by atoms with E-state index < -0.39 is 14.8 Å². The van der Waals surface area contributed by atoms with Gasteiger partial charge >= 0.3 is 0 Å². The molecule has 4 heteroatoms. The van der Waals surface area contributed by atoms with Crippen LogP contribution in [0.3, 0.4) is 0 Å². The van der Waals surface area contributed by atoms with Gasteiger partial charge in [-0.15, -0.1) is 6.58 Å². The average Bonchev–Trinajstić information content (AvgIpc) is 2.85. The number of hydrogen-bond acceptors (Lipinski definition) is 2. The zero-order valence-corrected chi connectivity index (χ0v) is 11.8. The fourth-order valence-corrected chi connectivity index (χ4v) is 3.94. The molecule has 0 radical (unpaired) electrons. The van der Waals surface area contributed by atoms with Crippen molar-refractivity contribution in [2.45, 2.75) is 50.8 Å². The zero-order chi connectivity index (χ0) is 12.8. The lowest BCUT2D eigenvalue weighted by Gasteiger charge is -2.27. The first-order valence-electron chi connectivity index (χ1n) is 6.39. The third kappa shape index (κ3) is 2.43. The Morgan fingerprint density at radius 2 is 2.00 bits per heavy atom. The molecular formula is C13H23NO2S. The van der Waals surface area contributed by atoms with Crippen LogP contribution in [-0.2, 0) is 10.0 Å². The van der Waals surface area contributed by atoms with Crippen molar-refractivity contribution in [2.24, 2.45) is 17.8 Å². The van der Waals surface area contributed by atoms with Crippen LogP contribution in [0.15, 0.2) is 12.7 Å². The first-order chi connectivity index (χ1) is 7.76. The molecule has 0 aromatic heterocycles. The van der Waals surface area contributed by atoms with Gasteiger partial charge in [-0.2, -0.15) is 0 Å². The Kier molecular flexibility index (Phi) is 3.15. The minimum absolute atomic E-state index is 0.141. The molecule has 0 aromatic carbocycles. The van der Waals surface area contributed by atoms with Crippen molar-refractivity contribution in [1.29, 1.82) is 0 Å². The predicted octanol–water partition coefficient (Wildman–Crippen LogP) is 2.31. The van der Waals surface area contributed by atoms with E-state index in [2.05, 4.69) is 11.3 Å². The lowest BCUT2D eigenvalue weighted by Crippen LogP contribution is -2.47. The van der Waals surface area contributed by atoms with Crippen LogP contribution in [0.25, 0.3) is 0 Å². The third-order valence-electron chi connectivity index (χ3n) is 4.12. The number of rotatable bonds is 4. The average molecular weight is 257 g/mol. The highest BCUT2D eigenvalue weighted by Crippen LogP contribution is 2.55. The minimum Gasteiger partial charge on any atom is -0.212 e. The summed E-state index contributed by atoms with van der Waals surface area (Å²) < 4.78 is 26.6. The van der Waals surface area contributed by atoms with Gasteiger partial charge in [0.1, 0.15) is 0 Å². The molecule has 0 unspecified atom stereocenters. The molecule has 2 rings (SSSR count). The summed E-state index contributed by atoms with van der Waals surface area (Å²) in [6.07, 6.45) is 5.19. The zero-order valence-electron chi connectivity index (χ0n) is 10.9. The number of hydrogen-bond donors (Lipinski definition) is 1. The Labute approximate surface area is 105 Å². The van der Waals surface area contributed by atoms with E-state index >= 15 is 0 Å². The van der Waals surface area contributed by atoms with E-state index in [0.29, 0.717) is 11.8 Å². The number of sulfonamides is 1. The largest absolute Gasteiger partial charge is 0.216 e. The summed E-state index contributed by atoms with van der Waals surface area (Å²) in [5.41, 5.74) is 0. The second-order valence-corrected chi connectivity index (χ2v) is 8.91. The van der Waals surface area contributed by atoms with Crippen molar-refractivity contribution in [3.63, 3.8) is 0 Å². The predicted molar refractivity (Wildman–Crippen MR) is 70.1 cm³/mol.